The lowest BCUT2D eigenvalue weighted by molar-refractivity contribution is -0.0285. The van der Waals surface area contributed by atoms with Crippen LogP contribution in [0.3, 0.4) is 0 Å². The van der Waals surface area contributed by atoms with Crippen LogP contribution in [0, 0.1) is 23.7 Å². The monoisotopic (exact) mass is 278 g/mol. The van der Waals surface area contributed by atoms with E-state index in [1.165, 1.54) is 43.5 Å². The lowest BCUT2D eigenvalue weighted by atomic mass is 9.54. The molecule has 2 nitrogen and oxygen atoms in total. The fourth-order valence-corrected chi connectivity index (χ4v) is 5.72. The lowest BCUT2D eigenvalue weighted by Gasteiger charge is -2.54. The molecule has 1 aromatic carbocycles. The Morgan fingerprint density at radius 3 is 2.19 bits per heavy atom. The Morgan fingerprint density at radius 2 is 1.52 bits per heavy atom. The van der Waals surface area contributed by atoms with Crippen LogP contribution < -0.4 is 0 Å². The third kappa shape index (κ3) is 1.81. The lowest BCUT2D eigenvalue weighted by Crippen LogP contribution is -2.45. The quantitative estimate of drug-likeness (QED) is 0.788. The number of benzene rings is 1. The Bertz CT molecular complexity index is 615. The summed E-state index contributed by atoms with van der Waals surface area (Å²) in [5, 5.41) is 0. The number of hydrogen-bond donors (Lipinski definition) is 0. The first-order valence-electron chi connectivity index (χ1n) is 8.46. The second kappa shape index (κ2) is 4.46. The van der Waals surface area contributed by atoms with Gasteiger partial charge in [0.25, 0.3) is 0 Å². The largest absolute Gasteiger partial charge is 0.327 e. The van der Waals surface area contributed by atoms with Crippen molar-refractivity contribution < 1.29 is 0 Å². The Morgan fingerprint density at radius 1 is 0.857 bits per heavy atom. The van der Waals surface area contributed by atoms with Crippen LogP contribution in [0.1, 0.15) is 38.1 Å². The molecule has 4 fully saturated rings. The molecule has 0 spiro atoms. The molecule has 4 aliphatic carbocycles. The van der Waals surface area contributed by atoms with Crippen molar-refractivity contribution in [2.24, 2.45) is 23.7 Å². The van der Waals surface area contributed by atoms with Gasteiger partial charge < -0.3 is 4.57 Å². The van der Waals surface area contributed by atoms with Crippen molar-refractivity contribution in [2.45, 2.75) is 38.1 Å². The topological polar surface area (TPSA) is 17.8 Å². The highest BCUT2D eigenvalue weighted by molar-refractivity contribution is 5.55. The van der Waals surface area contributed by atoms with Gasteiger partial charge in [0.15, 0.2) is 0 Å². The second-order valence-corrected chi connectivity index (χ2v) is 7.45. The summed E-state index contributed by atoms with van der Waals surface area (Å²) >= 11 is 0. The summed E-state index contributed by atoms with van der Waals surface area (Å²) in [5.41, 5.74) is 1.26. The summed E-state index contributed by atoms with van der Waals surface area (Å²) in [5.74, 6) is 5.05. The molecule has 4 bridgehead atoms. The zero-order valence-corrected chi connectivity index (χ0v) is 12.4. The average Bonchev–Trinajstić information content (AvgIpc) is 2.96. The molecular weight excluding hydrogens is 256 g/mol. The van der Waals surface area contributed by atoms with Gasteiger partial charge in [0, 0.05) is 24.0 Å². The number of aromatic nitrogens is 2. The fourth-order valence-electron chi connectivity index (χ4n) is 5.72. The molecule has 0 unspecified atom stereocenters. The smallest absolute Gasteiger partial charge is 0.140 e. The summed E-state index contributed by atoms with van der Waals surface area (Å²) in [6, 6.07) is 11.4. The van der Waals surface area contributed by atoms with E-state index in [2.05, 4.69) is 46.1 Å². The van der Waals surface area contributed by atoms with Gasteiger partial charge in [-0.25, -0.2) is 4.98 Å². The first kappa shape index (κ1) is 12.0. The van der Waals surface area contributed by atoms with Crippen molar-refractivity contribution in [3.8, 4) is 11.4 Å². The molecule has 0 atom stereocenters. The van der Waals surface area contributed by atoms with E-state index in [1.807, 2.05) is 6.20 Å². The maximum atomic E-state index is 4.68. The maximum absolute atomic E-state index is 4.68. The van der Waals surface area contributed by atoms with Crippen LogP contribution >= 0.6 is 0 Å². The predicted octanol–water partition coefficient (Wildman–Crippen LogP) is 4.55. The van der Waals surface area contributed by atoms with Crippen LogP contribution in [-0.4, -0.2) is 9.55 Å². The minimum atomic E-state index is 0.704. The van der Waals surface area contributed by atoms with Gasteiger partial charge in [0.1, 0.15) is 5.82 Å². The van der Waals surface area contributed by atoms with Gasteiger partial charge in [-0.2, -0.15) is 0 Å². The zero-order chi connectivity index (χ0) is 13.8. The number of hydrogen-bond acceptors (Lipinski definition) is 1. The maximum Gasteiger partial charge on any atom is 0.140 e. The number of imidazole rings is 1. The van der Waals surface area contributed by atoms with Crippen molar-refractivity contribution in [2.75, 3.05) is 0 Å². The summed E-state index contributed by atoms with van der Waals surface area (Å²) < 4.78 is 2.52. The first-order chi connectivity index (χ1) is 10.4. The van der Waals surface area contributed by atoms with Gasteiger partial charge in [-0.15, -0.1) is 0 Å². The summed E-state index contributed by atoms with van der Waals surface area (Å²) in [6.07, 6.45) is 11.6. The molecule has 4 saturated carbocycles. The molecule has 1 aromatic heterocycles. The zero-order valence-electron chi connectivity index (χ0n) is 12.4. The van der Waals surface area contributed by atoms with Crippen molar-refractivity contribution >= 4 is 0 Å². The van der Waals surface area contributed by atoms with Crippen molar-refractivity contribution in [1.82, 2.24) is 9.55 Å². The molecule has 4 aliphatic rings. The normalized spacial score (nSPS) is 37.0. The molecule has 2 aromatic rings. The summed E-state index contributed by atoms with van der Waals surface area (Å²) in [7, 11) is 0. The van der Waals surface area contributed by atoms with Crippen molar-refractivity contribution in [1.29, 1.82) is 0 Å². The van der Waals surface area contributed by atoms with Crippen molar-refractivity contribution in [3.05, 3.63) is 42.7 Å². The van der Waals surface area contributed by atoms with Gasteiger partial charge >= 0.3 is 0 Å². The van der Waals surface area contributed by atoms with Gasteiger partial charge in [0.2, 0.25) is 0 Å². The standard InChI is InChI=1S/C19H22N2/c1-2-4-15(5-3-1)19-20-6-7-21(19)18-16-9-13-8-14(11-16)12-17(18)10-13/h1-7,13-14,16-18H,8-12H2. The molecule has 2 heteroatoms. The molecule has 0 N–H and O–H groups in total. The van der Waals surface area contributed by atoms with Crippen LogP contribution in [0.25, 0.3) is 11.4 Å². The van der Waals surface area contributed by atoms with Crippen molar-refractivity contribution in [3.63, 3.8) is 0 Å². The highest BCUT2D eigenvalue weighted by atomic mass is 15.1. The Kier molecular flexibility index (Phi) is 2.55. The number of nitrogens with zero attached hydrogens (tertiary/aromatic N) is 2. The van der Waals surface area contributed by atoms with Gasteiger partial charge in [-0.05, 0) is 55.8 Å². The minimum absolute atomic E-state index is 0.704. The van der Waals surface area contributed by atoms with Crippen LogP contribution in [0.2, 0.25) is 0 Å². The Balaban J connectivity index is 1.56. The Labute approximate surface area is 126 Å². The van der Waals surface area contributed by atoms with Crippen LogP contribution in [-0.2, 0) is 0 Å². The number of rotatable bonds is 2. The van der Waals surface area contributed by atoms with E-state index in [0.29, 0.717) is 6.04 Å². The molecule has 0 aliphatic heterocycles. The molecule has 0 saturated heterocycles. The van der Waals surface area contributed by atoms with E-state index in [4.69, 9.17) is 0 Å². The van der Waals surface area contributed by atoms with Crippen LogP contribution in [0.4, 0.5) is 0 Å². The van der Waals surface area contributed by atoms with E-state index < -0.39 is 0 Å². The van der Waals surface area contributed by atoms with E-state index >= 15 is 0 Å². The van der Waals surface area contributed by atoms with Crippen LogP contribution in [0.15, 0.2) is 42.7 Å². The summed E-state index contributed by atoms with van der Waals surface area (Å²) in [6.45, 7) is 0. The average molecular weight is 278 g/mol. The molecule has 0 amide bonds. The molecule has 0 radical (unpaired) electrons. The molecule has 108 valence electrons. The van der Waals surface area contributed by atoms with Gasteiger partial charge in [-0.1, -0.05) is 30.3 Å². The minimum Gasteiger partial charge on any atom is -0.327 e. The molecular formula is C19H22N2. The fraction of sp³-hybridized carbons (Fsp3) is 0.526. The SMILES string of the molecule is c1ccc(-c2nccn2C2C3CC4CC(C3)CC2C4)cc1. The summed E-state index contributed by atoms with van der Waals surface area (Å²) in [4.78, 5) is 4.68. The van der Waals surface area contributed by atoms with Gasteiger partial charge in [-0.3, -0.25) is 0 Å². The first-order valence-corrected chi connectivity index (χ1v) is 8.46. The second-order valence-electron chi connectivity index (χ2n) is 7.45. The molecule has 6 rings (SSSR count). The van der Waals surface area contributed by atoms with E-state index in [0.717, 1.165) is 23.7 Å². The third-order valence-electron chi connectivity index (χ3n) is 6.20. The Hall–Kier alpha value is -1.57. The third-order valence-corrected chi connectivity index (χ3v) is 6.20. The predicted molar refractivity (Wildman–Crippen MR) is 83.7 cm³/mol. The van der Waals surface area contributed by atoms with E-state index in [1.54, 1.807) is 0 Å². The molecule has 21 heavy (non-hydrogen) atoms. The van der Waals surface area contributed by atoms with Gasteiger partial charge in [0.05, 0.1) is 0 Å². The highest BCUT2D eigenvalue weighted by Crippen LogP contribution is 2.58. The van der Waals surface area contributed by atoms with Crippen LogP contribution in [0.5, 0.6) is 0 Å². The highest BCUT2D eigenvalue weighted by Gasteiger charge is 2.49. The van der Waals surface area contributed by atoms with E-state index in [-0.39, 0.29) is 0 Å². The van der Waals surface area contributed by atoms with E-state index in [9.17, 15) is 0 Å². The molecule has 1 heterocycles.